The Morgan fingerprint density at radius 3 is 2.73 bits per heavy atom. The van der Waals surface area contributed by atoms with Crippen molar-refractivity contribution in [3.05, 3.63) is 30.1 Å². The van der Waals surface area contributed by atoms with Gasteiger partial charge in [0.2, 0.25) is 5.91 Å². The van der Waals surface area contributed by atoms with Crippen LogP contribution in [0, 0.1) is 12.3 Å². The molecule has 0 saturated carbocycles. The third-order valence-corrected chi connectivity index (χ3v) is 4.46. The molecule has 6 nitrogen and oxygen atoms in total. The molecule has 0 spiro atoms. The highest BCUT2D eigenvalue weighted by Gasteiger charge is 2.39. The van der Waals surface area contributed by atoms with E-state index in [9.17, 15) is 13.6 Å². The van der Waals surface area contributed by atoms with Gasteiger partial charge in [0.1, 0.15) is 5.82 Å². The summed E-state index contributed by atoms with van der Waals surface area (Å²) in [4.78, 5) is 18.0. The van der Waals surface area contributed by atoms with Gasteiger partial charge in [0, 0.05) is 32.7 Å². The van der Waals surface area contributed by atoms with Gasteiger partial charge in [-0.3, -0.25) is 9.36 Å². The number of halogens is 2. The smallest absolute Gasteiger partial charge is 0.320 e. The second-order valence-electron chi connectivity index (χ2n) is 6.30. The molecule has 136 valence electrons. The maximum Gasteiger partial charge on any atom is 0.320 e. The van der Waals surface area contributed by atoms with Gasteiger partial charge in [0.25, 0.3) is 0 Å². The lowest BCUT2D eigenvalue weighted by Gasteiger charge is -2.18. The Bertz CT molecular complexity index is 877. The predicted molar refractivity (Wildman–Crippen MR) is 92.3 cm³/mol. The number of nitrogens with zero attached hydrogens (tertiary/aromatic N) is 5. The third kappa shape index (κ3) is 3.72. The summed E-state index contributed by atoms with van der Waals surface area (Å²) in [5, 5.41) is 7.99. The largest absolute Gasteiger partial charge is 0.338 e. The lowest BCUT2D eigenvalue weighted by Crippen LogP contribution is -2.29. The van der Waals surface area contributed by atoms with Gasteiger partial charge in [0.15, 0.2) is 5.66 Å². The fraction of sp³-hybridized carbons (Fsp3) is 0.444. The Kier molecular flexibility index (Phi) is 4.98. The van der Waals surface area contributed by atoms with Gasteiger partial charge in [-0.25, -0.2) is 4.98 Å². The molecule has 0 fully saturated rings. The molecule has 0 unspecified atom stereocenters. The summed E-state index contributed by atoms with van der Waals surface area (Å²) < 4.78 is 27.8. The van der Waals surface area contributed by atoms with Crippen LogP contribution < -0.4 is 0 Å². The van der Waals surface area contributed by atoms with Gasteiger partial charge < -0.3 is 4.90 Å². The van der Waals surface area contributed by atoms with Crippen LogP contribution in [0.25, 0.3) is 11.0 Å². The third-order valence-electron chi connectivity index (χ3n) is 4.46. The quantitative estimate of drug-likeness (QED) is 0.674. The monoisotopic (exact) mass is 359 g/mol. The summed E-state index contributed by atoms with van der Waals surface area (Å²) in [6, 6.07) is 6.68. The van der Waals surface area contributed by atoms with Crippen LogP contribution in [-0.2, 0) is 11.3 Å². The molecule has 1 amide bonds. The maximum absolute atomic E-state index is 13.5. The average Bonchev–Trinajstić information content (AvgIpc) is 3.30. The number of carbonyl (C=O) groups excluding carboxylic acids is 1. The highest BCUT2D eigenvalue weighted by atomic mass is 19.3. The van der Waals surface area contributed by atoms with Crippen molar-refractivity contribution in [2.24, 2.45) is 10.2 Å². The molecule has 0 radical (unpaired) electrons. The lowest BCUT2D eigenvalue weighted by atomic mass is 10.0. The summed E-state index contributed by atoms with van der Waals surface area (Å²) in [5.74, 6) is 2.52. The highest BCUT2D eigenvalue weighted by molar-refractivity contribution is 5.77. The van der Waals surface area contributed by atoms with Crippen molar-refractivity contribution in [1.82, 2.24) is 14.5 Å². The van der Waals surface area contributed by atoms with E-state index in [1.807, 2.05) is 0 Å². The number of rotatable bonds is 8. The summed E-state index contributed by atoms with van der Waals surface area (Å²) in [7, 11) is 1.58. The summed E-state index contributed by atoms with van der Waals surface area (Å²) in [5.41, 5.74) is 0.300. The summed E-state index contributed by atoms with van der Waals surface area (Å²) >= 11 is 0. The number of alkyl halides is 2. The average molecular weight is 359 g/mol. The Hall–Kier alpha value is -2.82. The lowest BCUT2D eigenvalue weighted by molar-refractivity contribution is -0.130. The van der Waals surface area contributed by atoms with Gasteiger partial charge in [0.05, 0.1) is 17.6 Å². The second-order valence-corrected chi connectivity index (χ2v) is 6.30. The molecule has 2 aromatic rings. The first kappa shape index (κ1) is 18.0. The van der Waals surface area contributed by atoms with E-state index in [2.05, 4.69) is 21.1 Å². The van der Waals surface area contributed by atoms with E-state index in [1.54, 1.807) is 31.3 Å². The van der Waals surface area contributed by atoms with Gasteiger partial charge in [-0.05, 0) is 12.1 Å². The first-order valence-electron chi connectivity index (χ1n) is 8.31. The number of benzene rings is 1. The molecule has 2 heterocycles. The Balaban J connectivity index is 1.65. The van der Waals surface area contributed by atoms with Crippen LogP contribution in [0.3, 0.4) is 0 Å². The van der Waals surface area contributed by atoms with Crippen molar-refractivity contribution in [1.29, 1.82) is 0 Å². The molecule has 0 saturated heterocycles. The fourth-order valence-electron chi connectivity index (χ4n) is 2.89. The maximum atomic E-state index is 13.5. The first-order chi connectivity index (χ1) is 12.5. The van der Waals surface area contributed by atoms with Gasteiger partial charge in [-0.1, -0.05) is 12.1 Å². The van der Waals surface area contributed by atoms with Crippen molar-refractivity contribution in [2.45, 2.75) is 44.4 Å². The van der Waals surface area contributed by atoms with E-state index in [0.29, 0.717) is 30.3 Å². The molecule has 3 rings (SSSR count). The topological polar surface area (TPSA) is 62.9 Å². The Morgan fingerprint density at radius 2 is 2.08 bits per heavy atom. The predicted octanol–water partition coefficient (Wildman–Crippen LogP) is 3.75. The van der Waals surface area contributed by atoms with Crippen LogP contribution in [0.4, 0.5) is 8.78 Å². The van der Waals surface area contributed by atoms with Gasteiger partial charge in [-0.15, -0.1) is 12.3 Å². The minimum atomic E-state index is -2.73. The number of amides is 1. The molecule has 0 N–H and O–H groups in total. The molecule has 1 aliphatic rings. The number of imidazole rings is 1. The molecule has 26 heavy (non-hydrogen) atoms. The van der Waals surface area contributed by atoms with E-state index >= 15 is 0 Å². The number of para-hydroxylation sites is 2. The molecule has 8 heteroatoms. The molecule has 1 aliphatic heterocycles. The van der Waals surface area contributed by atoms with Crippen molar-refractivity contribution in [3.8, 4) is 12.3 Å². The van der Waals surface area contributed by atoms with Crippen LogP contribution >= 0.6 is 0 Å². The highest BCUT2D eigenvalue weighted by Crippen LogP contribution is 2.37. The van der Waals surface area contributed by atoms with Crippen LogP contribution in [0.2, 0.25) is 0 Å². The minimum absolute atomic E-state index is 0.00347. The zero-order chi connectivity index (χ0) is 18.7. The van der Waals surface area contributed by atoms with Crippen LogP contribution in [0.5, 0.6) is 0 Å². The van der Waals surface area contributed by atoms with E-state index in [1.165, 1.54) is 4.90 Å². The number of carbonyl (C=O) groups is 1. The summed E-state index contributed by atoms with van der Waals surface area (Å²) in [6.45, 7) is -2.72. The van der Waals surface area contributed by atoms with E-state index in [4.69, 9.17) is 6.42 Å². The molecular weight excluding hydrogens is 340 g/mol. The molecule has 0 bridgehead atoms. The Labute approximate surface area is 149 Å². The standard InChI is InChI=1S/C18H19F2N5O/c1-3-4-10-18(22-23-18)11-9-16(26)24(2)12-15-21-13-7-5-6-8-14(13)25(15)17(19)20/h1,5-8,17H,4,9-12H2,2H3. The molecule has 1 aromatic carbocycles. The fourth-order valence-corrected chi connectivity index (χ4v) is 2.89. The number of hydrogen-bond acceptors (Lipinski definition) is 4. The van der Waals surface area contributed by atoms with Crippen LogP contribution in [-0.4, -0.2) is 33.1 Å². The zero-order valence-corrected chi connectivity index (χ0v) is 14.4. The van der Waals surface area contributed by atoms with Gasteiger partial charge in [-0.2, -0.15) is 19.0 Å². The van der Waals surface area contributed by atoms with E-state index in [0.717, 1.165) is 4.57 Å². The number of fused-ring (bicyclic) bond motifs is 1. The Morgan fingerprint density at radius 1 is 1.35 bits per heavy atom. The van der Waals surface area contributed by atoms with Crippen molar-refractivity contribution in [3.63, 3.8) is 0 Å². The normalized spacial score (nSPS) is 14.6. The van der Waals surface area contributed by atoms with Crippen molar-refractivity contribution in [2.75, 3.05) is 7.05 Å². The molecular formula is C18H19F2N5O. The second kappa shape index (κ2) is 7.20. The van der Waals surface area contributed by atoms with Crippen LogP contribution in [0.1, 0.15) is 38.1 Å². The molecule has 1 aromatic heterocycles. The summed E-state index contributed by atoms with van der Waals surface area (Å²) in [6.07, 6.45) is 7.12. The van der Waals surface area contributed by atoms with Crippen molar-refractivity contribution >= 4 is 16.9 Å². The molecule has 0 aliphatic carbocycles. The first-order valence-corrected chi connectivity index (χ1v) is 8.31. The molecule has 0 atom stereocenters. The van der Waals surface area contributed by atoms with E-state index in [-0.39, 0.29) is 24.7 Å². The van der Waals surface area contributed by atoms with Gasteiger partial charge >= 0.3 is 6.55 Å². The van der Waals surface area contributed by atoms with E-state index < -0.39 is 12.2 Å². The van der Waals surface area contributed by atoms with Crippen molar-refractivity contribution < 1.29 is 13.6 Å². The minimum Gasteiger partial charge on any atom is -0.338 e. The van der Waals surface area contributed by atoms with Crippen LogP contribution in [0.15, 0.2) is 34.5 Å². The SMILES string of the molecule is C#CCCC1(CCC(=O)N(C)Cc2nc3ccccc3n2C(F)F)N=N1. The number of terminal acetylenes is 1. The number of aromatic nitrogens is 2. The zero-order valence-electron chi connectivity index (χ0n) is 14.4. The number of hydrogen-bond donors (Lipinski definition) is 0.